The molecule has 1 aliphatic rings. The number of nitrogens with zero attached hydrogens (tertiary/aromatic N) is 3. The van der Waals surface area contributed by atoms with Gasteiger partial charge in [0.2, 0.25) is 0 Å². The predicted octanol–water partition coefficient (Wildman–Crippen LogP) is 2.41. The van der Waals surface area contributed by atoms with Crippen LogP contribution in [0.2, 0.25) is 0 Å². The Bertz CT molecular complexity index is 498. The van der Waals surface area contributed by atoms with Gasteiger partial charge < -0.3 is 15.1 Å². The molecule has 6 heteroatoms. The van der Waals surface area contributed by atoms with Crippen molar-refractivity contribution in [1.82, 2.24) is 4.90 Å². The van der Waals surface area contributed by atoms with Crippen LogP contribution in [0.1, 0.15) is 12.8 Å². The van der Waals surface area contributed by atoms with Gasteiger partial charge in [-0.25, -0.2) is 0 Å². The number of nitro groups is 1. The van der Waals surface area contributed by atoms with Gasteiger partial charge in [0.15, 0.2) is 0 Å². The molecule has 0 amide bonds. The number of likely N-dealkylation sites (tertiary alicyclic amines) is 1. The largest absolute Gasteiger partial charge is 0.382 e. The summed E-state index contributed by atoms with van der Waals surface area (Å²) >= 11 is 0. The molecule has 2 rings (SSSR count). The number of rotatable bonds is 5. The monoisotopic (exact) mass is 292 g/mol. The summed E-state index contributed by atoms with van der Waals surface area (Å²) in [7, 11) is 5.80. The highest BCUT2D eigenvalue weighted by Gasteiger charge is 2.24. The molecule has 21 heavy (non-hydrogen) atoms. The Morgan fingerprint density at radius 3 is 2.67 bits per heavy atom. The molecule has 1 N–H and O–H groups in total. The number of piperidine rings is 1. The van der Waals surface area contributed by atoms with Crippen LogP contribution in [0.15, 0.2) is 18.2 Å². The van der Waals surface area contributed by atoms with Crippen molar-refractivity contribution < 1.29 is 4.92 Å². The summed E-state index contributed by atoms with van der Waals surface area (Å²) in [4.78, 5) is 15.4. The lowest BCUT2D eigenvalue weighted by molar-refractivity contribution is -0.383. The van der Waals surface area contributed by atoms with Gasteiger partial charge in [-0.3, -0.25) is 10.1 Å². The van der Waals surface area contributed by atoms with Gasteiger partial charge in [0, 0.05) is 20.6 Å². The molecule has 6 nitrogen and oxygen atoms in total. The summed E-state index contributed by atoms with van der Waals surface area (Å²) in [5.74, 6) is 0.601. The van der Waals surface area contributed by atoms with Crippen LogP contribution >= 0.6 is 0 Å². The molecule has 0 saturated carbocycles. The van der Waals surface area contributed by atoms with E-state index in [0.29, 0.717) is 17.3 Å². The fourth-order valence-electron chi connectivity index (χ4n) is 2.96. The second-order valence-corrected chi connectivity index (χ2v) is 5.81. The Labute approximate surface area is 125 Å². The zero-order valence-corrected chi connectivity index (χ0v) is 13.0. The van der Waals surface area contributed by atoms with Gasteiger partial charge in [0.1, 0.15) is 11.4 Å². The SMILES string of the molecule is CNc1cccc(N(C)CC2CCN(C)CC2)c1[N+](=O)[O-]. The number of nitro benzene ring substituents is 1. The van der Waals surface area contributed by atoms with E-state index in [2.05, 4.69) is 17.3 Å². The average Bonchev–Trinajstić information content (AvgIpc) is 2.48. The van der Waals surface area contributed by atoms with Crippen molar-refractivity contribution in [2.24, 2.45) is 5.92 Å². The van der Waals surface area contributed by atoms with E-state index < -0.39 is 0 Å². The molecule has 1 saturated heterocycles. The smallest absolute Gasteiger partial charge is 0.315 e. The van der Waals surface area contributed by atoms with Crippen LogP contribution in [-0.4, -0.2) is 50.6 Å². The summed E-state index contributed by atoms with van der Waals surface area (Å²) in [5, 5.41) is 14.3. The van der Waals surface area contributed by atoms with Crippen molar-refractivity contribution in [3.63, 3.8) is 0 Å². The molecule has 0 atom stereocenters. The van der Waals surface area contributed by atoms with E-state index in [0.717, 1.165) is 32.5 Å². The zero-order chi connectivity index (χ0) is 15.4. The maximum atomic E-state index is 11.4. The molecule has 1 heterocycles. The number of benzene rings is 1. The second-order valence-electron chi connectivity index (χ2n) is 5.81. The first-order valence-corrected chi connectivity index (χ1v) is 7.37. The Kier molecular flexibility index (Phi) is 5.01. The molecule has 0 bridgehead atoms. The van der Waals surface area contributed by atoms with Gasteiger partial charge in [-0.1, -0.05) is 6.07 Å². The van der Waals surface area contributed by atoms with Crippen LogP contribution in [0, 0.1) is 16.0 Å². The fourth-order valence-corrected chi connectivity index (χ4v) is 2.96. The Morgan fingerprint density at radius 2 is 2.10 bits per heavy atom. The van der Waals surface area contributed by atoms with Gasteiger partial charge in [-0.15, -0.1) is 0 Å². The summed E-state index contributed by atoms with van der Waals surface area (Å²) < 4.78 is 0. The number of hydrogen-bond donors (Lipinski definition) is 1. The Balaban J connectivity index is 2.15. The number of anilines is 2. The summed E-state index contributed by atoms with van der Waals surface area (Å²) in [6, 6.07) is 5.43. The fraction of sp³-hybridized carbons (Fsp3) is 0.600. The minimum absolute atomic E-state index is 0.162. The Hall–Kier alpha value is -1.82. The normalized spacial score (nSPS) is 16.7. The summed E-state index contributed by atoms with van der Waals surface area (Å²) in [6.07, 6.45) is 2.31. The summed E-state index contributed by atoms with van der Waals surface area (Å²) in [5.41, 5.74) is 1.41. The van der Waals surface area contributed by atoms with Crippen molar-refractivity contribution in [3.8, 4) is 0 Å². The molecule has 0 spiro atoms. The first-order valence-electron chi connectivity index (χ1n) is 7.37. The molecule has 116 valence electrons. The quantitative estimate of drug-likeness (QED) is 0.667. The van der Waals surface area contributed by atoms with Crippen LogP contribution in [0.3, 0.4) is 0 Å². The van der Waals surface area contributed by atoms with Gasteiger partial charge >= 0.3 is 5.69 Å². The second kappa shape index (κ2) is 6.76. The molecule has 1 aliphatic heterocycles. The molecule has 1 fully saturated rings. The van der Waals surface area contributed by atoms with Crippen LogP contribution in [0.4, 0.5) is 17.1 Å². The minimum atomic E-state index is -0.299. The lowest BCUT2D eigenvalue weighted by Crippen LogP contribution is -2.35. The van der Waals surface area contributed by atoms with E-state index >= 15 is 0 Å². The van der Waals surface area contributed by atoms with Crippen molar-refractivity contribution >= 4 is 17.1 Å². The van der Waals surface area contributed by atoms with E-state index in [-0.39, 0.29) is 10.6 Å². The van der Waals surface area contributed by atoms with E-state index in [1.165, 1.54) is 0 Å². The molecule has 0 unspecified atom stereocenters. The number of para-hydroxylation sites is 1. The van der Waals surface area contributed by atoms with Crippen LogP contribution < -0.4 is 10.2 Å². The molecule has 1 aromatic carbocycles. The van der Waals surface area contributed by atoms with Crippen LogP contribution in [0.5, 0.6) is 0 Å². The highest BCUT2D eigenvalue weighted by atomic mass is 16.6. The first kappa shape index (κ1) is 15.6. The first-order chi connectivity index (χ1) is 10.0. The van der Waals surface area contributed by atoms with Crippen molar-refractivity contribution in [2.45, 2.75) is 12.8 Å². The van der Waals surface area contributed by atoms with Crippen LogP contribution in [-0.2, 0) is 0 Å². The predicted molar refractivity (Wildman–Crippen MR) is 86.1 cm³/mol. The van der Waals surface area contributed by atoms with E-state index in [1.807, 2.05) is 24.1 Å². The highest BCUT2D eigenvalue weighted by Crippen LogP contribution is 2.35. The molecular formula is C15H24N4O2. The number of hydrogen-bond acceptors (Lipinski definition) is 5. The third-order valence-corrected chi connectivity index (χ3v) is 4.25. The molecule has 0 radical (unpaired) electrons. The maximum absolute atomic E-state index is 11.4. The lowest BCUT2D eigenvalue weighted by atomic mass is 9.96. The van der Waals surface area contributed by atoms with E-state index in [1.54, 1.807) is 13.1 Å². The Morgan fingerprint density at radius 1 is 1.43 bits per heavy atom. The minimum Gasteiger partial charge on any atom is -0.382 e. The molecule has 0 aromatic heterocycles. The van der Waals surface area contributed by atoms with E-state index in [4.69, 9.17) is 0 Å². The third kappa shape index (κ3) is 3.64. The molecular weight excluding hydrogens is 268 g/mol. The standard InChI is InChI=1S/C15H24N4O2/c1-16-13-5-4-6-14(15(13)19(20)21)18(3)11-12-7-9-17(2)10-8-12/h4-6,12,16H,7-11H2,1-3H3. The van der Waals surface area contributed by atoms with Gasteiger partial charge in [0.25, 0.3) is 0 Å². The zero-order valence-electron chi connectivity index (χ0n) is 13.0. The maximum Gasteiger partial charge on any atom is 0.315 e. The summed E-state index contributed by atoms with van der Waals surface area (Å²) in [6.45, 7) is 3.08. The lowest BCUT2D eigenvalue weighted by Gasteiger charge is -2.32. The average molecular weight is 292 g/mol. The van der Waals surface area contributed by atoms with E-state index in [9.17, 15) is 10.1 Å². The number of nitrogens with one attached hydrogen (secondary N) is 1. The highest BCUT2D eigenvalue weighted by molar-refractivity contribution is 5.76. The topological polar surface area (TPSA) is 61.6 Å². The van der Waals surface area contributed by atoms with Crippen molar-refractivity contribution in [1.29, 1.82) is 0 Å². The van der Waals surface area contributed by atoms with Gasteiger partial charge in [0.05, 0.1) is 4.92 Å². The van der Waals surface area contributed by atoms with Crippen LogP contribution in [0.25, 0.3) is 0 Å². The van der Waals surface area contributed by atoms with Crippen molar-refractivity contribution in [3.05, 3.63) is 28.3 Å². The molecule has 1 aromatic rings. The molecule has 0 aliphatic carbocycles. The van der Waals surface area contributed by atoms with Gasteiger partial charge in [-0.05, 0) is 51.0 Å². The van der Waals surface area contributed by atoms with Crippen molar-refractivity contribution in [2.75, 3.05) is 51.0 Å². The third-order valence-electron chi connectivity index (χ3n) is 4.25. The van der Waals surface area contributed by atoms with Gasteiger partial charge in [-0.2, -0.15) is 0 Å².